The van der Waals surface area contributed by atoms with Gasteiger partial charge in [0.25, 0.3) is 0 Å². The summed E-state index contributed by atoms with van der Waals surface area (Å²) in [6.45, 7) is 0. The molecule has 0 aliphatic heterocycles. The van der Waals surface area contributed by atoms with Crippen molar-refractivity contribution in [1.29, 1.82) is 0 Å². The van der Waals surface area contributed by atoms with E-state index in [4.69, 9.17) is 0 Å². The van der Waals surface area contributed by atoms with Crippen LogP contribution in [0.1, 0.15) is 0 Å². The molecule has 0 aliphatic carbocycles. The van der Waals surface area contributed by atoms with E-state index >= 15 is 0 Å². The van der Waals surface area contributed by atoms with Gasteiger partial charge in [-0.25, -0.2) is 0 Å². The molecule has 0 amide bonds. The van der Waals surface area contributed by atoms with Crippen molar-refractivity contribution in [2.45, 2.75) is 0 Å². The highest BCUT2D eigenvalue weighted by Crippen LogP contribution is 1.91. The molecule has 2 unspecified atom stereocenters. The lowest BCUT2D eigenvalue weighted by Gasteiger charge is -1.39. The second-order valence-corrected chi connectivity index (χ2v) is 1.61. The van der Waals surface area contributed by atoms with E-state index < -0.39 is 0 Å². The fourth-order valence-corrected chi connectivity index (χ4v) is 0.680. The topological polar surface area (TPSA) is 0 Å². The molecule has 1 aromatic heterocycles. The fraction of sp³-hybridized carbons (Fsp3) is 0. The summed E-state index contributed by atoms with van der Waals surface area (Å²) in [5, 5.41) is 4.08. The van der Waals surface area contributed by atoms with E-state index in [9.17, 15) is 0 Å². The molecule has 0 spiro atoms. The van der Waals surface area contributed by atoms with Crippen molar-refractivity contribution in [2.75, 3.05) is 0 Å². The number of thiophene rings is 1. The molecule has 0 saturated heterocycles. The molecule has 0 nitrogen and oxygen atoms in total. The van der Waals surface area contributed by atoms with Crippen molar-refractivity contribution >= 4 is 31.1 Å². The Bertz CT molecular complexity index is 66.2. The predicted octanol–water partition coefficient (Wildman–Crippen LogP) is 1.86. The van der Waals surface area contributed by atoms with E-state index in [1.165, 1.54) is 0 Å². The Labute approximate surface area is 54.6 Å². The maximum absolute atomic E-state index is 2.04. The number of hydrogen-bond donors (Lipinski definition) is 0. The van der Waals surface area contributed by atoms with Gasteiger partial charge in [0.05, 0.1) is 0 Å². The average molecular weight is 152 g/mol. The Morgan fingerprint density at radius 1 is 0.857 bits per heavy atom. The molecule has 0 fully saturated rings. The van der Waals surface area contributed by atoms with E-state index in [-0.39, 0.29) is 19.8 Å². The van der Waals surface area contributed by atoms with Crippen LogP contribution < -0.4 is 0 Å². The Hall–Kier alpha value is 0.560. The second-order valence-electron chi connectivity index (χ2n) is 0.793. The van der Waals surface area contributed by atoms with Crippen LogP contribution in [0.3, 0.4) is 0 Å². The lowest BCUT2D eigenvalue weighted by atomic mass is 10.7. The third-order valence-electron chi connectivity index (χ3n) is 0.425. The second kappa shape index (κ2) is 6.56. The molecule has 0 radical (unpaired) electrons. The van der Waals surface area contributed by atoms with Crippen molar-refractivity contribution < 1.29 is 0 Å². The SMILES string of the molecule is P.P.c1ccsc1. The Morgan fingerprint density at radius 2 is 1.29 bits per heavy atom. The van der Waals surface area contributed by atoms with Gasteiger partial charge < -0.3 is 0 Å². The van der Waals surface area contributed by atoms with Crippen LogP contribution in [-0.4, -0.2) is 0 Å². The summed E-state index contributed by atoms with van der Waals surface area (Å²) in [6.07, 6.45) is 0. The normalized spacial score (nSPS) is 5.71. The van der Waals surface area contributed by atoms with Crippen molar-refractivity contribution in [1.82, 2.24) is 0 Å². The molecule has 42 valence electrons. The zero-order valence-corrected chi connectivity index (χ0v) is 7.78. The van der Waals surface area contributed by atoms with Crippen LogP contribution in [0, 0.1) is 0 Å². The molecule has 7 heavy (non-hydrogen) atoms. The lowest BCUT2D eigenvalue weighted by Crippen LogP contribution is -1.16. The first-order valence-corrected chi connectivity index (χ1v) is 2.41. The van der Waals surface area contributed by atoms with E-state index in [2.05, 4.69) is 0 Å². The van der Waals surface area contributed by atoms with Crippen LogP contribution in [0.15, 0.2) is 22.9 Å². The summed E-state index contributed by atoms with van der Waals surface area (Å²) < 4.78 is 0. The summed E-state index contributed by atoms with van der Waals surface area (Å²) in [6, 6.07) is 4.04. The highest BCUT2D eigenvalue weighted by molar-refractivity contribution is 7.07. The first kappa shape index (κ1) is 10.5. The van der Waals surface area contributed by atoms with Gasteiger partial charge in [-0.2, -0.15) is 31.1 Å². The van der Waals surface area contributed by atoms with Gasteiger partial charge in [-0.05, 0) is 10.8 Å². The quantitative estimate of drug-likeness (QED) is 0.498. The Kier molecular flexibility index (Phi) is 9.86. The lowest BCUT2D eigenvalue weighted by molar-refractivity contribution is 2.03. The maximum Gasteiger partial charge on any atom is -0.00934 e. The predicted molar refractivity (Wildman–Crippen MR) is 46.5 cm³/mol. The van der Waals surface area contributed by atoms with Crippen molar-refractivity contribution in [3.8, 4) is 0 Å². The largest absolute Gasteiger partial charge is 0.153 e. The van der Waals surface area contributed by atoms with Gasteiger partial charge in [0.1, 0.15) is 0 Å². The average Bonchev–Trinajstić information content (AvgIpc) is 1.76. The number of rotatable bonds is 0. The van der Waals surface area contributed by atoms with Crippen LogP contribution in [0.4, 0.5) is 0 Å². The van der Waals surface area contributed by atoms with E-state index in [0.29, 0.717) is 0 Å². The van der Waals surface area contributed by atoms with Gasteiger partial charge >= 0.3 is 0 Å². The maximum atomic E-state index is 2.04. The smallest absolute Gasteiger partial charge is 0.00934 e. The van der Waals surface area contributed by atoms with Gasteiger partial charge in [-0.3, -0.25) is 0 Å². The Balaban J connectivity index is 0. The zero-order chi connectivity index (χ0) is 3.54. The number of hydrogen-bond acceptors (Lipinski definition) is 1. The first-order valence-electron chi connectivity index (χ1n) is 1.47. The van der Waals surface area contributed by atoms with Crippen molar-refractivity contribution in [3.63, 3.8) is 0 Å². The standard InChI is InChI=1S/C4H4S.2H3P/c1-2-4-5-3-1;;/h1-4H;2*1H3. The Morgan fingerprint density at radius 3 is 1.43 bits per heavy atom. The molecule has 0 N–H and O–H groups in total. The highest BCUT2D eigenvalue weighted by Gasteiger charge is 1.58. The van der Waals surface area contributed by atoms with Gasteiger partial charge in [-0.1, -0.05) is 12.1 Å². The first-order chi connectivity index (χ1) is 2.50. The molecule has 3 heteroatoms. The molecule has 1 heterocycles. The molecule has 0 saturated carbocycles. The molecular weight excluding hydrogens is 142 g/mol. The van der Waals surface area contributed by atoms with Crippen LogP contribution in [0.25, 0.3) is 0 Å². The van der Waals surface area contributed by atoms with Crippen LogP contribution in [-0.2, 0) is 0 Å². The van der Waals surface area contributed by atoms with Crippen molar-refractivity contribution in [3.05, 3.63) is 22.9 Å². The van der Waals surface area contributed by atoms with Crippen LogP contribution in [0.5, 0.6) is 0 Å². The molecule has 2 atom stereocenters. The van der Waals surface area contributed by atoms with E-state index in [0.717, 1.165) is 0 Å². The molecular formula is C4H10P2S. The third kappa shape index (κ3) is 4.41. The summed E-state index contributed by atoms with van der Waals surface area (Å²) in [7, 11) is 0. The molecule has 1 rings (SSSR count). The van der Waals surface area contributed by atoms with Crippen molar-refractivity contribution in [2.24, 2.45) is 0 Å². The summed E-state index contributed by atoms with van der Waals surface area (Å²) in [5.41, 5.74) is 0. The molecule has 0 aromatic carbocycles. The van der Waals surface area contributed by atoms with E-state index in [1.807, 2.05) is 22.9 Å². The van der Waals surface area contributed by atoms with Crippen LogP contribution >= 0.6 is 31.1 Å². The van der Waals surface area contributed by atoms with E-state index in [1.54, 1.807) is 11.3 Å². The minimum Gasteiger partial charge on any atom is -0.153 e. The fourth-order valence-electron chi connectivity index (χ4n) is 0.227. The minimum absolute atomic E-state index is 0. The van der Waals surface area contributed by atoms with Crippen LogP contribution in [0.2, 0.25) is 0 Å². The molecule has 0 aliphatic rings. The van der Waals surface area contributed by atoms with Gasteiger partial charge in [0, 0.05) is 0 Å². The zero-order valence-electron chi connectivity index (χ0n) is 4.13. The van der Waals surface area contributed by atoms with Gasteiger partial charge in [-0.15, -0.1) is 0 Å². The van der Waals surface area contributed by atoms with Gasteiger partial charge in [0.15, 0.2) is 0 Å². The monoisotopic (exact) mass is 152 g/mol. The minimum atomic E-state index is 0. The highest BCUT2D eigenvalue weighted by atomic mass is 32.1. The summed E-state index contributed by atoms with van der Waals surface area (Å²) >= 11 is 1.71. The molecule has 1 aromatic rings. The summed E-state index contributed by atoms with van der Waals surface area (Å²) in [5.74, 6) is 0. The third-order valence-corrected chi connectivity index (χ3v) is 1.05. The van der Waals surface area contributed by atoms with Gasteiger partial charge in [0.2, 0.25) is 0 Å². The summed E-state index contributed by atoms with van der Waals surface area (Å²) in [4.78, 5) is 0. The molecule has 0 bridgehead atoms.